The number of halogens is 3. The molecule has 11 heterocycles. The van der Waals surface area contributed by atoms with E-state index in [9.17, 15) is 13.2 Å². The third kappa shape index (κ3) is 13.4. The zero-order valence-electron chi connectivity index (χ0n) is 52.9. The summed E-state index contributed by atoms with van der Waals surface area (Å²) < 4.78 is 50.1. The van der Waals surface area contributed by atoms with Gasteiger partial charge in [-0.1, -0.05) is 54.1 Å². The third-order valence-corrected chi connectivity index (χ3v) is 18.1. The summed E-state index contributed by atoms with van der Waals surface area (Å²) >= 11 is 0. The van der Waals surface area contributed by atoms with Gasteiger partial charge in [-0.25, -0.2) is 13.2 Å². The maximum absolute atomic E-state index is 13.7. The normalized spacial score (nSPS) is 15.4. The molecule has 0 fully saturated rings. The number of hydrogen-bond acceptors (Lipinski definition) is 7. The zero-order valence-corrected chi connectivity index (χ0v) is 52.9. The van der Waals surface area contributed by atoms with Crippen LogP contribution in [0.2, 0.25) is 0 Å². The van der Waals surface area contributed by atoms with Crippen molar-refractivity contribution >= 4 is 92.7 Å². The molecule has 0 amide bonds. The van der Waals surface area contributed by atoms with E-state index < -0.39 is 0 Å². The molecule has 4 aliphatic rings. The van der Waals surface area contributed by atoms with Crippen molar-refractivity contribution in [2.24, 2.45) is 0 Å². The van der Waals surface area contributed by atoms with Gasteiger partial charge in [0.2, 0.25) is 0 Å². The minimum Gasteiger partial charge on any atom is -0.320 e. The molecule has 5 aromatic carbocycles. The predicted octanol–water partition coefficient (Wildman–Crippen LogP) is 15.9. The first-order chi connectivity index (χ1) is 44.9. The van der Waals surface area contributed by atoms with Gasteiger partial charge < -0.3 is 37.9 Å². The van der Waals surface area contributed by atoms with Crippen molar-refractivity contribution in [2.45, 2.75) is 58.8 Å². The predicted molar refractivity (Wildman–Crippen MR) is 373 cm³/mol. The highest BCUT2D eigenvalue weighted by Crippen LogP contribution is 2.36. The monoisotopic (exact) mass is 1220 g/mol. The minimum atomic E-state index is -0.181. The Morgan fingerprint density at radius 3 is 1.17 bits per heavy atom. The first-order valence-electron chi connectivity index (χ1n) is 31.7. The van der Waals surface area contributed by atoms with E-state index >= 15 is 0 Å². The van der Waals surface area contributed by atoms with Crippen molar-refractivity contribution in [3.05, 3.63) is 267 Å². The summed E-state index contributed by atoms with van der Waals surface area (Å²) in [6.07, 6.45) is 29.7. The fraction of sp³-hybridized carbons (Fsp3) is 0.218. The van der Waals surface area contributed by atoms with Gasteiger partial charge in [0.25, 0.3) is 0 Å². The van der Waals surface area contributed by atoms with Crippen LogP contribution < -0.4 is 0 Å². The van der Waals surface area contributed by atoms with E-state index in [0.717, 1.165) is 128 Å². The van der Waals surface area contributed by atoms with E-state index in [1.54, 1.807) is 43.0 Å². The fourth-order valence-electron chi connectivity index (χ4n) is 13.4. The molecule has 92 heavy (non-hydrogen) atoms. The number of pyridine rings is 3. The number of nitrogens with zero attached hydrogens (tertiary/aromatic N) is 11. The van der Waals surface area contributed by atoms with Crippen molar-refractivity contribution in [3.8, 4) is 0 Å². The molecular weight excluding hydrogens is 1150 g/mol. The first-order valence-corrected chi connectivity index (χ1v) is 31.7. The van der Waals surface area contributed by atoms with Crippen LogP contribution in [0.5, 0.6) is 0 Å². The third-order valence-electron chi connectivity index (χ3n) is 18.1. The largest absolute Gasteiger partial charge is 0.320 e. The number of hydrogen-bond donors (Lipinski definition) is 0. The van der Waals surface area contributed by atoms with Gasteiger partial charge in [0.1, 0.15) is 17.5 Å². The summed E-state index contributed by atoms with van der Waals surface area (Å²) in [6.45, 7) is 10.00. The van der Waals surface area contributed by atoms with Crippen molar-refractivity contribution in [2.75, 3.05) is 54.4 Å². The van der Waals surface area contributed by atoms with Crippen LogP contribution in [0, 0.1) is 24.4 Å². The Morgan fingerprint density at radius 2 is 0.750 bits per heavy atom. The van der Waals surface area contributed by atoms with Crippen LogP contribution >= 0.6 is 0 Å². The molecule has 12 aromatic rings. The van der Waals surface area contributed by atoms with Gasteiger partial charge in [-0.15, -0.1) is 0 Å². The van der Waals surface area contributed by atoms with Crippen LogP contribution in [-0.4, -0.2) is 107 Å². The van der Waals surface area contributed by atoms with Crippen molar-refractivity contribution in [3.63, 3.8) is 0 Å². The molecule has 0 saturated heterocycles. The Morgan fingerprint density at radius 1 is 0.359 bits per heavy atom. The van der Waals surface area contributed by atoms with Gasteiger partial charge in [0.05, 0.1) is 27.8 Å². The Balaban J connectivity index is 0.000000112. The molecule has 0 atom stereocenters. The van der Waals surface area contributed by atoms with Crippen LogP contribution in [0.15, 0.2) is 177 Å². The smallest absolute Gasteiger partial charge is 0.123 e. The maximum Gasteiger partial charge on any atom is 0.123 e. The van der Waals surface area contributed by atoms with E-state index in [2.05, 4.69) is 167 Å². The summed E-state index contributed by atoms with van der Waals surface area (Å²) in [5.74, 6) is -0.537. The Hall–Kier alpha value is -9.70. The molecule has 4 aliphatic heterocycles. The molecule has 0 saturated carbocycles. The van der Waals surface area contributed by atoms with Crippen LogP contribution in [0.25, 0.3) is 92.7 Å². The molecule has 464 valence electrons. The number of rotatable bonds is 8. The van der Waals surface area contributed by atoms with E-state index in [-0.39, 0.29) is 17.5 Å². The number of aryl methyl sites for hydroxylation is 1. The average molecular weight is 1220 g/mol. The second kappa shape index (κ2) is 27.4. The van der Waals surface area contributed by atoms with Gasteiger partial charge in [-0.05, 0) is 195 Å². The summed E-state index contributed by atoms with van der Waals surface area (Å²) in [6, 6.07) is 46.3. The molecule has 16 rings (SSSR count). The molecule has 0 unspecified atom stereocenters. The molecule has 0 bridgehead atoms. The minimum absolute atomic E-state index is 0.177. The molecule has 0 N–H and O–H groups in total. The van der Waals surface area contributed by atoms with E-state index in [1.165, 1.54) is 85.3 Å². The van der Waals surface area contributed by atoms with Gasteiger partial charge in [-0.3, -0.25) is 15.0 Å². The van der Waals surface area contributed by atoms with Gasteiger partial charge >= 0.3 is 0 Å². The molecule has 14 heteroatoms. The Bertz CT molecular complexity index is 4110. The highest BCUT2D eigenvalue weighted by molar-refractivity contribution is 5.92. The molecule has 7 aromatic heterocycles. The first kappa shape index (κ1) is 61.2. The van der Waals surface area contributed by atoms with Crippen LogP contribution in [0.4, 0.5) is 13.2 Å². The van der Waals surface area contributed by atoms with Crippen LogP contribution in [0.1, 0.15) is 73.0 Å². The fourth-order valence-corrected chi connectivity index (χ4v) is 13.4. The summed E-state index contributed by atoms with van der Waals surface area (Å²) in [4.78, 5) is 21.8. The molecule has 0 spiro atoms. The topological polar surface area (TPSA) is 71.4 Å². The van der Waals surface area contributed by atoms with Crippen LogP contribution in [0.3, 0.4) is 0 Å². The summed E-state index contributed by atoms with van der Waals surface area (Å²) in [7, 11) is 8.53. The molecule has 0 radical (unpaired) electrons. The van der Waals surface area contributed by atoms with Crippen molar-refractivity contribution in [1.29, 1.82) is 0 Å². The van der Waals surface area contributed by atoms with Crippen molar-refractivity contribution in [1.82, 2.24) is 52.8 Å². The second-order valence-electron chi connectivity index (χ2n) is 24.6. The lowest BCUT2D eigenvalue weighted by atomic mass is 10.0. The van der Waals surface area contributed by atoms with Crippen LogP contribution in [-0.2, 0) is 51.9 Å². The van der Waals surface area contributed by atoms with Gasteiger partial charge in [-0.2, -0.15) is 0 Å². The molecular formula is C78H76F3N11. The second-order valence-corrected chi connectivity index (χ2v) is 24.6. The van der Waals surface area contributed by atoms with Gasteiger partial charge in [0, 0.05) is 178 Å². The summed E-state index contributed by atoms with van der Waals surface area (Å²) in [5.41, 5.74) is 20.7. The number of likely N-dealkylation sites (N-methyl/N-ethyl adjacent to an activating group) is 4. The Labute approximate surface area is 536 Å². The summed E-state index contributed by atoms with van der Waals surface area (Å²) in [5, 5.41) is 4.45. The highest BCUT2D eigenvalue weighted by Gasteiger charge is 2.26. The molecule has 11 nitrogen and oxygen atoms in total. The highest BCUT2D eigenvalue weighted by atomic mass is 19.1. The van der Waals surface area contributed by atoms with Gasteiger partial charge in [0.15, 0.2) is 0 Å². The van der Waals surface area contributed by atoms with Crippen molar-refractivity contribution < 1.29 is 13.2 Å². The lowest BCUT2D eigenvalue weighted by Crippen LogP contribution is -2.26. The Kier molecular flexibility index (Phi) is 18.2. The number of benzene rings is 5. The van der Waals surface area contributed by atoms with E-state index in [1.807, 2.05) is 85.2 Å². The van der Waals surface area contributed by atoms with E-state index in [0.29, 0.717) is 0 Å². The lowest BCUT2D eigenvalue weighted by molar-refractivity contribution is 0.312. The number of aromatic nitrogens is 7. The van der Waals surface area contributed by atoms with E-state index in [4.69, 9.17) is 0 Å². The quantitative estimate of drug-likeness (QED) is 0.150. The molecule has 0 aliphatic carbocycles. The number of fused-ring (bicyclic) bond motifs is 12. The average Bonchev–Trinajstić information content (AvgIpc) is 1.66. The standard InChI is InChI=1S/C21H22N2.3C19H18FN3/c1-16-8-9-20-18(14-16)19-15-22(2)12-11-21(19)23(20)13-10-17-6-4-3-5-7-17;1-22-10-7-19-17(13-22)16-12-15(20)2-3-18(16)23(19)11-6-14-4-8-21-9-5-14;1-22-9-7-19-17(13-22)16-11-15(20)4-5-18(16)23(19)10-6-14-3-2-8-21-12-14;1-22-10-8-19-17(13-22)16-12-14(20)5-6-18(16)23(19)11-7-15-4-2-3-9-21-15/h3-10,13-14H,11-12,15H2,1-2H3;2-6,8-9,11-12H,7,10,13H2,1H3;2-6,8,10-12H,7,9,13H2,1H3;2-7,9,11-12H,8,10,13H2,1H3/b13-10-;11-6+;10-6-;11-7+. The lowest BCUT2D eigenvalue weighted by Gasteiger charge is -2.23. The maximum atomic E-state index is 13.7. The SMILES string of the molecule is CN1CCc2c(c3cc(F)ccc3n2/C=C/c2ccccn2)C1.CN1CCc2c(c3cc(F)ccc3n2/C=C/c2ccncc2)C1.CN1CCc2c(c3cc(F)ccc3n2/C=C\c2cccnc2)C1.Cc1ccc2c(c1)c1c(n2/C=C\c2ccccc2)CCN(C)C1. The zero-order chi connectivity index (χ0) is 63.2.